The smallest absolute Gasteiger partial charge is 0.251 e. The Kier molecular flexibility index (Phi) is 4.85. The van der Waals surface area contributed by atoms with Crippen LogP contribution in [0, 0.1) is 6.92 Å². The number of rotatable bonds is 4. The highest BCUT2D eigenvalue weighted by atomic mass is 16.2. The third-order valence-corrected chi connectivity index (χ3v) is 2.80. The number of hydrogen-bond donors (Lipinski definition) is 3. The molecule has 98 valence electrons. The van der Waals surface area contributed by atoms with Gasteiger partial charge < -0.3 is 16.0 Å². The topological polar surface area (TPSA) is 70.2 Å². The van der Waals surface area contributed by atoms with Crippen LogP contribution >= 0.6 is 0 Å². The van der Waals surface area contributed by atoms with Gasteiger partial charge in [-0.1, -0.05) is 0 Å². The van der Waals surface area contributed by atoms with Gasteiger partial charge in [0.15, 0.2) is 0 Å². The molecule has 1 atom stereocenters. The lowest BCUT2D eigenvalue weighted by Crippen LogP contribution is -2.35. The monoisotopic (exact) mass is 249 g/mol. The molecule has 0 bridgehead atoms. The normalized spacial score (nSPS) is 11.8. The number of benzene rings is 1. The highest BCUT2D eigenvalue weighted by molar-refractivity contribution is 5.97. The quantitative estimate of drug-likeness (QED) is 0.742. The molecule has 1 aromatic carbocycles. The van der Waals surface area contributed by atoms with E-state index in [2.05, 4.69) is 16.0 Å². The van der Waals surface area contributed by atoms with Crippen LogP contribution < -0.4 is 16.0 Å². The molecule has 0 spiro atoms. The highest BCUT2D eigenvalue weighted by Gasteiger charge is 2.12. The summed E-state index contributed by atoms with van der Waals surface area (Å²) in [4.78, 5) is 23.2. The number of likely N-dealkylation sites (N-methyl/N-ethyl adjacent to an activating group) is 1. The fraction of sp³-hybridized carbons (Fsp3) is 0.385. The molecule has 0 aliphatic heterocycles. The Morgan fingerprint density at radius 1 is 1.22 bits per heavy atom. The van der Waals surface area contributed by atoms with Gasteiger partial charge in [0, 0.05) is 18.3 Å². The zero-order chi connectivity index (χ0) is 13.7. The average Bonchev–Trinajstić information content (AvgIpc) is 2.38. The molecule has 3 N–H and O–H groups in total. The summed E-state index contributed by atoms with van der Waals surface area (Å²) < 4.78 is 0. The third-order valence-electron chi connectivity index (χ3n) is 2.80. The van der Waals surface area contributed by atoms with Crippen molar-refractivity contribution in [1.29, 1.82) is 0 Å². The number of anilines is 1. The van der Waals surface area contributed by atoms with E-state index in [1.807, 2.05) is 6.92 Å². The maximum absolute atomic E-state index is 11.7. The van der Waals surface area contributed by atoms with Crippen LogP contribution in [0.15, 0.2) is 18.2 Å². The minimum atomic E-state index is -0.261. The van der Waals surface area contributed by atoms with E-state index in [1.165, 1.54) is 0 Å². The second kappa shape index (κ2) is 6.16. The summed E-state index contributed by atoms with van der Waals surface area (Å²) >= 11 is 0. The Labute approximate surface area is 107 Å². The summed E-state index contributed by atoms with van der Waals surface area (Å²) in [6.45, 7) is 3.63. The number of amides is 2. The van der Waals surface area contributed by atoms with Crippen LogP contribution in [-0.4, -0.2) is 32.0 Å². The van der Waals surface area contributed by atoms with Gasteiger partial charge in [0.05, 0.1) is 6.04 Å². The molecule has 18 heavy (non-hydrogen) atoms. The molecule has 1 unspecified atom stereocenters. The van der Waals surface area contributed by atoms with Gasteiger partial charge in [0.25, 0.3) is 5.91 Å². The van der Waals surface area contributed by atoms with Crippen molar-refractivity contribution >= 4 is 17.5 Å². The number of hydrogen-bond acceptors (Lipinski definition) is 3. The first-order chi connectivity index (χ1) is 8.49. The first-order valence-corrected chi connectivity index (χ1v) is 5.80. The fourth-order valence-electron chi connectivity index (χ4n) is 1.46. The standard InChI is InChI=1S/C13H19N3O2/c1-8-7-10(13(18)15-4)5-6-11(8)16-12(17)9(2)14-3/h5-7,9,14H,1-4H3,(H,15,18)(H,16,17). The lowest BCUT2D eigenvalue weighted by molar-refractivity contribution is -0.117. The summed E-state index contributed by atoms with van der Waals surface area (Å²) in [5.41, 5.74) is 2.15. The van der Waals surface area contributed by atoms with Gasteiger partial charge in [-0.15, -0.1) is 0 Å². The molecule has 0 heterocycles. The summed E-state index contributed by atoms with van der Waals surface area (Å²) in [6.07, 6.45) is 0. The predicted molar refractivity (Wildman–Crippen MR) is 71.7 cm³/mol. The van der Waals surface area contributed by atoms with E-state index in [4.69, 9.17) is 0 Å². The van der Waals surface area contributed by atoms with E-state index < -0.39 is 0 Å². The Bertz CT molecular complexity index is 458. The Hall–Kier alpha value is -1.88. The van der Waals surface area contributed by atoms with Crippen molar-refractivity contribution in [1.82, 2.24) is 10.6 Å². The minimum Gasteiger partial charge on any atom is -0.355 e. The van der Waals surface area contributed by atoms with Gasteiger partial charge in [0.1, 0.15) is 0 Å². The van der Waals surface area contributed by atoms with E-state index in [9.17, 15) is 9.59 Å². The second-order valence-corrected chi connectivity index (χ2v) is 4.11. The second-order valence-electron chi connectivity index (χ2n) is 4.11. The molecule has 0 aliphatic carbocycles. The van der Waals surface area contributed by atoms with Crippen molar-refractivity contribution in [2.45, 2.75) is 19.9 Å². The van der Waals surface area contributed by atoms with Crippen molar-refractivity contribution in [2.24, 2.45) is 0 Å². The molecule has 5 nitrogen and oxygen atoms in total. The Morgan fingerprint density at radius 2 is 1.89 bits per heavy atom. The summed E-state index contributed by atoms with van der Waals surface area (Å²) in [5.74, 6) is -0.243. The molecule has 0 fully saturated rings. The maximum Gasteiger partial charge on any atom is 0.251 e. The Balaban J connectivity index is 2.86. The third kappa shape index (κ3) is 3.30. The van der Waals surface area contributed by atoms with Gasteiger partial charge in [0.2, 0.25) is 5.91 Å². The zero-order valence-electron chi connectivity index (χ0n) is 11.1. The molecule has 5 heteroatoms. The highest BCUT2D eigenvalue weighted by Crippen LogP contribution is 2.16. The van der Waals surface area contributed by atoms with Crippen molar-refractivity contribution in [3.05, 3.63) is 29.3 Å². The molecule has 0 radical (unpaired) electrons. The van der Waals surface area contributed by atoms with Gasteiger partial charge in [-0.2, -0.15) is 0 Å². The molecule has 0 saturated carbocycles. The summed E-state index contributed by atoms with van der Waals surface area (Å²) in [7, 11) is 3.31. The number of carbonyl (C=O) groups is 2. The zero-order valence-corrected chi connectivity index (χ0v) is 11.1. The van der Waals surface area contributed by atoms with Crippen LogP contribution in [0.25, 0.3) is 0 Å². The molecule has 0 aromatic heterocycles. The van der Waals surface area contributed by atoms with E-state index >= 15 is 0 Å². The van der Waals surface area contributed by atoms with Crippen LogP contribution in [0.5, 0.6) is 0 Å². The number of aryl methyl sites for hydroxylation is 1. The first kappa shape index (κ1) is 14.2. The van der Waals surface area contributed by atoms with Gasteiger partial charge >= 0.3 is 0 Å². The minimum absolute atomic E-state index is 0.103. The van der Waals surface area contributed by atoms with Gasteiger partial charge in [-0.05, 0) is 44.7 Å². The van der Waals surface area contributed by atoms with Gasteiger partial charge in [-0.25, -0.2) is 0 Å². The summed E-state index contributed by atoms with van der Waals surface area (Å²) in [6, 6.07) is 4.91. The molecule has 1 rings (SSSR count). The fourth-order valence-corrected chi connectivity index (χ4v) is 1.46. The SMILES string of the molecule is CNC(=O)c1ccc(NC(=O)C(C)NC)c(C)c1. The van der Waals surface area contributed by atoms with E-state index in [1.54, 1.807) is 39.2 Å². The first-order valence-electron chi connectivity index (χ1n) is 5.80. The van der Waals surface area contributed by atoms with E-state index in [-0.39, 0.29) is 17.9 Å². The molecular formula is C13H19N3O2. The maximum atomic E-state index is 11.7. The molecule has 2 amide bonds. The molecule has 0 aliphatic rings. The Morgan fingerprint density at radius 3 is 2.39 bits per heavy atom. The lowest BCUT2D eigenvalue weighted by atomic mass is 10.1. The molecular weight excluding hydrogens is 230 g/mol. The van der Waals surface area contributed by atoms with Crippen LogP contribution in [-0.2, 0) is 4.79 Å². The number of carbonyl (C=O) groups excluding carboxylic acids is 2. The van der Waals surface area contributed by atoms with Crippen LogP contribution in [0.3, 0.4) is 0 Å². The van der Waals surface area contributed by atoms with E-state index in [0.29, 0.717) is 5.56 Å². The van der Waals surface area contributed by atoms with Gasteiger partial charge in [-0.3, -0.25) is 9.59 Å². The lowest BCUT2D eigenvalue weighted by Gasteiger charge is -2.13. The van der Waals surface area contributed by atoms with Crippen molar-refractivity contribution in [2.75, 3.05) is 19.4 Å². The van der Waals surface area contributed by atoms with Crippen LogP contribution in [0.1, 0.15) is 22.8 Å². The van der Waals surface area contributed by atoms with Crippen molar-refractivity contribution in [3.8, 4) is 0 Å². The van der Waals surface area contributed by atoms with Crippen molar-refractivity contribution < 1.29 is 9.59 Å². The van der Waals surface area contributed by atoms with Crippen LogP contribution in [0.2, 0.25) is 0 Å². The molecule has 1 aromatic rings. The number of nitrogens with one attached hydrogen (secondary N) is 3. The average molecular weight is 249 g/mol. The predicted octanol–water partition coefficient (Wildman–Crippen LogP) is 0.901. The van der Waals surface area contributed by atoms with Crippen LogP contribution in [0.4, 0.5) is 5.69 Å². The summed E-state index contributed by atoms with van der Waals surface area (Å²) in [5, 5.41) is 8.24. The van der Waals surface area contributed by atoms with Crippen molar-refractivity contribution in [3.63, 3.8) is 0 Å². The van der Waals surface area contributed by atoms with E-state index in [0.717, 1.165) is 11.3 Å². The largest absolute Gasteiger partial charge is 0.355 e. The molecule has 0 saturated heterocycles.